The van der Waals surface area contributed by atoms with Crippen LogP contribution in [0, 0.1) is 0 Å². The number of fused-ring (bicyclic) bond motifs is 1. The van der Waals surface area contributed by atoms with Crippen LogP contribution in [-0.4, -0.2) is 35.1 Å². The molecule has 1 amide bonds. The van der Waals surface area contributed by atoms with Gasteiger partial charge in [0.05, 0.1) is 6.54 Å². The zero-order chi connectivity index (χ0) is 13.4. The van der Waals surface area contributed by atoms with Gasteiger partial charge in [0.15, 0.2) is 5.58 Å². The zero-order valence-corrected chi connectivity index (χ0v) is 10.3. The van der Waals surface area contributed by atoms with Gasteiger partial charge in [-0.1, -0.05) is 0 Å². The molecule has 5 nitrogen and oxygen atoms in total. The molecule has 1 saturated heterocycles. The smallest absolute Gasteiger partial charge is 0.254 e. The largest absolute Gasteiger partial charge is 0.457 e. The summed E-state index contributed by atoms with van der Waals surface area (Å²) in [6.07, 6.45) is 1.30. The molecule has 19 heavy (non-hydrogen) atoms. The zero-order valence-electron chi connectivity index (χ0n) is 10.3. The van der Waals surface area contributed by atoms with Crippen LogP contribution in [0.15, 0.2) is 22.7 Å². The number of alkyl halides is 1. The molecule has 0 spiro atoms. The van der Waals surface area contributed by atoms with Crippen molar-refractivity contribution in [1.29, 1.82) is 0 Å². The third kappa shape index (κ3) is 2.19. The Bertz CT molecular complexity index is 625. The molecule has 0 bridgehead atoms. The molecule has 2 N–H and O–H groups in total. The molecule has 0 unspecified atom stereocenters. The van der Waals surface area contributed by atoms with E-state index in [-0.39, 0.29) is 0 Å². The van der Waals surface area contributed by atoms with Gasteiger partial charge in [0.25, 0.3) is 5.91 Å². The first-order valence-corrected chi connectivity index (χ1v) is 6.18. The molecule has 0 saturated carbocycles. The van der Waals surface area contributed by atoms with E-state index < -0.39 is 12.1 Å². The van der Waals surface area contributed by atoms with Gasteiger partial charge < -0.3 is 10.2 Å². The quantitative estimate of drug-likeness (QED) is 0.910. The molecule has 0 aliphatic carbocycles. The Balaban J connectivity index is 1.98. The van der Waals surface area contributed by atoms with E-state index in [0.717, 1.165) is 0 Å². The van der Waals surface area contributed by atoms with Gasteiger partial charge in [0, 0.05) is 19.3 Å². The maximum absolute atomic E-state index is 13.2. The molecule has 0 aromatic carbocycles. The van der Waals surface area contributed by atoms with Crippen LogP contribution in [0.5, 0.6) is 0 Å². The first kappa shape index (κ1) is 12.1. The lowest BCUT2D eigenvalue weighted by molar-refractivity contribution is 0.0998. The van der Waals surface area contributed by atoms with E-state index in [1.165, 1.54) is 0 Å². The number of hydrogen-bond donors (Lipinski definition) is 1. The van der Waals surface area contributed by atoms with E-state index in [9.17, 15) is 9.18 Å². The van der Waals surface area contributed by atoms with Gasteiger partial charge in [-0.3, -0.25) is 14.7 Å². The molecule has 6 heteroatoms. The van der Waals surface area contributed by atoms with Crippen LogP contribution in [0.2, 0.25) is 0 Å². The standard InChI is InChI=1S/C13H14FN3O2/c14-8-3-5-17(6-8)7-10-11(13(15)18)12-9(19-10)2-1-4-16-12/h1-2,4,8H,3,5-7H2,(H2,15,18)/t8-/m0/s1. The van der Waals surface area contributed by atoms with Gasteiger partial charge in [0.1, 0.15) is 23.0 Å². The van der Waals surface area contributed by atoms with Crippen LogP contribution in [-0.2, 0) is 6.54 Å². The van der Waals surface area contributed by atoms with E-state index in [1.807, 2.05) is 4.90 Å². The number of furan rings is 1. The molecule has 0 radical (unpaired) electrons. The Morgan fingerprint density at radius 3 is 3.16 bits per heavy atom. The number of rotatable bonds is 3. The molecular formula is C13H14FN3O2. The van der Waals surface area contributed by atoms with E-state index >= 15 is 0 Å². The summed E-state index contributed by atoms with van der Waals surface area (Å²) in [6.45, 7) is 1.40. The van der Waals surface area contributed by atoms with E-state index in [0.29, 0.717) is 48.5 Å². The highest BCUT2D eigenvalue weighted by molar-refractivity contribution is 6.04. The van der Waals surface area contributed by atoms with Gasteiger partial charge in [-0.25, -0.2) is 4.39 Å². The average molecular weight is 263 g/mol. The van der Waals surface area contributed by atoms with Gasteiger partial charge in [-0.2, -0.15) is 0 Å². The fourth-order valence-corrected chi connectivity index (χ4v) is 2.47. The molecule has 2 aromatic heterocycles. The fourth-order valence-electron chi connectivity index (χ4n) is 2.47. The van der Waals surface area contributed by atoms with Gasteiger partial charge in [-0.15, -0.1) is 0 Å². The lowest BCUT2D eigenvalue weighted by Gasteiger charge is -2.12. The Kier molecular flexibility index (Phi) is 2.94. The van der Waals surface area contributed by atoms with Crippen molar-refractivity contribution in [3.63, 3.8) is 0 Å². The van der Waals surface area contributed by atoms with Crippen molar-refractivity contribution >= 4 is 17.0 Å². The van der Waals surface area contributed by atoms with Crippen molar-refractivity contribution in [2.75, 3.05) is 13.1 Å². The molecular weight excluding hydrogens is 249 g/mol. The number of primary amides is 1. The topological polar surface area (TPSA) is 72.4 Å². The number of carbonyl (C=O) groups excluding carboxylic acids is 1. The third-order valence-electron chi connectivity index (χ3n) is 3.35. The van der Waals surface area contributed by atoms with Crippen molar-refractivity contribution in [2.24, 2.45) is 5.73 Å². The molecule has 1 aliphatic heterocycles. The average Bonchev–Trinajstić information content (AvgIpc) is 2.92. The number of amides is 1. The summed E-state index contributed by atoms with van der Waals surface area (Å²) in [7, 11) is 0. The van der Waals surface area contributed by atoms with Crippen LogP contribution in [0.25, 0.3) is 11.1 Å². The first-order chi connectivity index (χ1) is 9.15. The second-order valence-electron chi connectivity index (χ2n) is 4.74. The fraction of sp³-hybridized carbons (Fsp3) is 0.385. The van der Waals surface area contributed by atoms with Crippen LogP contribution < -0.4 is 5.73 Å². The summed E-state index contributed by atoms with van der Waals surface area (Å²) in [5, 5.41) is 0. The molecule has 3 heterocycles. The van der Waals surface area contributed by atoms with Gasteiger partial charge in [-0.05, 0) is 18.6 Å². The molecule has 100 valence electrons. The SMILES string of the molecule is NC(=O)c1c(CN2CC[C@H](F)C2)oc2cccnc12. The molecule has 1 aliphatic rings. The first-order valence-electron chi connectivity index (χ1n) is 6.18. The predicted octanol–water partition coefficient (Wildman–Crippen LogP) is 1.47. The monoisotopic (exact) mass is 263 g/mol. The van der Waals surface area contributed by atoms with Crippen LogP contribution in [0.4, 0.5) is 4.39 Å². The maximum atomic E-state index is 13.2. The number of aromatic nitrogens is 1. The number of carbonyl (C=O) groups is 1. The molecule has 1 atom stereocenters. The second kappa shape index (κ2) is 4.62. The van der Waals surface area contributed by atoms with Gasteiger partial charge in [0.2, 0.25) is 0 Å². The molecule has 2 aromatic rings. The highest BCUT2D eigenvalue weighted by Gasteiger charge is 2.26. The number of likely N-dealkylation sites (tertiary alicyclic amines) is 1. The molecule has 1 fully saturated rings. The Morgan fingerprint density at radius 1 is 1.63 bits per heavy atom. The van der Waals surface area contributed by atoms with Crippen LogP contribution >= 0.6 is 0 Å². The Morgan fingerprint density at radius 2 is 2.47 bits per heavy atom. The minimum absolute atomic E-state index is 0.304. The van der Waals surface area contributed by atoms with E-state index in [4.69, 9.17) is 10.2 Å². The summed E-state index contributed by atoms with van der Waals surface area (Å²) in [5.41, 5.74) is 6.70. The lowest BCUT2D eigenvalue weighted by Crippen LogP contribution is -2.22. The maximum Gasteiger partial charge on any atom is 0.254 e. The normalized spacial score (nSPS) is 20.2. The number of hydrogen-bond acceptors (Lipinski definition) is 4. The lowest BCUT2D eigenvalue weighted by atomic mass is 10.2. The van der Waals surface area contributed by atoms with Crippen LogP contribution in [0.1, 0.15) is 22.5 Å². The number of pyridine rings is 1. The van der Waals surface area contributed by atoms with Crippen molar-refractivity contribution in [2.45, 2.75) is 19.1 Å². The van der Waals surface area contributed by atoms with E-state index in [2.05, 4.69) is 4.98 Å². The van der Waals surface area contributed by atoms with Gasteiger partial charge >= 0.3 is 0 Å². The predicted molar refractivity (Wildman–Crippen MR) is 67.3 cm³/mol. The Labute approximate surface area is 109 Å². The summed E-state index contributed by atoms with van der Waals surface area (Å²) in [5.74, 6) is -0.0984. The highest BCUT2D eigenvalue weighted by Crippen LogP contribution is 2.26. The summed E-state index contributed by atoms with van der Waals surface area (Å²) in [6, 6.07) is 3.47. The minimum Gasteiger partial charge on any atom is -0.457 e. The summed E-state index contributed by atoms with van der Waals surface area (Å²) < 4.78 is 18.8. The Hall–Kier alpha value is -1.95. The molecule has 3 rings (SSSR count). The highest BCUT2D eigenvalue weighted by atomic mass is 19.1. The van der Waals surface area contributed by atoms with E-state index in [1.54, 1.807) is 18.3 Å². The second-order valence-corrected chi connectivity index (χ2v) is 4.74. The number of halogens is 1. The minimum atomic E-state index is -0.806. The van der Waals surface area contributed by atoms with Crippen molar-refractivity contribution < 1.29 is 13.6 Å². The summed E-state index contributed by atoms with van der Waals surface area (Å²) >= 11 is 0. The summed E-state index contributed by atoms with van der Waals surface area (Å²) in [4.78, 5) is 17.6. The van der Waals surface area contributed by atoms with Crippen molar-refractivity contribution in [1.82, 2.24) is 9.88 Å². The van der Waals surface area contributed by atoms with Crippen molar-refractivity contribution in [3.8, 4) is 0 Å². The van der Waals surface area contributed by atoms with Crippen LogP contribution in [0.3, 0.4) is 0 Å². The van der Waals surface area contributed by atoms with Crippen molar-refractivity contribution in [3.05, 3.63) is 29.7 Å². The number of nitrogens with two attached hydrogens (primary N) is 1. The third-order valence-corrected chi connectivity index (χ3v) is 3.35. The number of nitrogens with zero attached hydrogens (tertiary/aromatic N) is 2.